The summed E-state index contributed by atoms with van der Waals surface area (Å²) in [5.74, 6) is 0.416. The molecule has 0 saturated carbocycles. The van der Waals surface area contributed by atoms with Crippen LogP contribution in [0.15, 0.2) is 30.3 Å². The number of carbonyl (C=O) groups excluding carboxylic acids is 2. The second-order valence-corrected chi connectivity index (χ2v) is 8.29. The maximum atomic E-state index is 12.9. The predicted octanol–water partition coefficient (Wildman–Crippen LogP) is 2.25. The number of amides is 3. The number of carbonyl (C=O) groups is 2. The highest BCUT2D eigenvalue weighted by molar-refractivity contribution is 5.89. The summed E-state index contributed by atoms with van der Waals surface area (Å²) in [7, 11) is 0. The molecule has 29 heavy (non-hydrogen) atoms. The largest absolute Gasteiger partial charge is 0.378 e. The number of urea groups is 1. The summed E-state index contributed by atoms with van der Waals surface area (Å²) >= 11 is 0. The first-order chi connectivity index (χ1) is 14.2. The van der Waals surface area contributed by atoms with Crippen molar-refractivity contribution in [3.63, 3.8) is 0 Å². The van der Waals surface area contributed by atoms with Crippen LogP contribution in [0.4, 0.5) is 10.5 Å². The molecule has 7 heteroatoms. The topological polar surface area (TPSA) is 65.1 Å². The van der Waals surface area contributed by atoms with E-state index in [-0.39, 0.29) is 11.9 Å². The number of benzene rings is 1. The van der Waals surface area contributed by atoms with Gasteiger partial charge in [-0.2, -0.15) is 0 Å². The molecule has 158 valence electrons. The molecule has 3 fully saturated rings. The van der Waals surface area contributed by atoms with Gasteiger partial charge in [0.15, 0.2) is 0 Å². The first-order valence-electron chi connectivity index (χ1n) is 10.9. The Morgan fingerprint density at radius 3 is 2.34 bits per heavy atom. The summed E-state index contributed by atoms with van der Waals surface area (Å²) in [6.45, 7) is 6.22. The number of piperidine rings is 2. The minimum atomic E-state index is -0.0198. The van der Waals surface area contributed by atoms with Crippen LogP contribution in [-0.4, -0.2) is 85.2 Å². The van der Waals surface area contributed by atoms with Crippen LogP contribution < -0.4 is 5.32 Å². The second-order valence-electron chi connectivity index (χ2n) is 8.29. The van der Waals surface area contributed by atoms with Gasteiger partial charge in [-0.3, -0.25) is 9.69 Å². The minimum absolute atomic E-state index is 0.0198. The van der Waals surface area contributed by atoms with E-state index in [2.05, 4.69) is 10.2 Å². The molecule has 1 N–H and O–H groups in total. The fourth-order valence-electron chi connectivity index (χ4n) is 4.74. The van der Waals surface area contributed by atoms with Crippen LogP contribution in [0.5, 0.6) is 0 Å². The highest BCUT2D eigenvalue weighted by Gasteiger charge is 2.34. The van der Waals surface area contributed by atoms with Gasteiger partial charge in [0, 0.05) is 44.5 Å². The van der Waals surface area contributed by atoms with Gasteiger partial charge in [0.1, 0.15) is 0 Å². The molecule has 0 bridgehead atoms. The molecule has 1 atom stereocenters. The van der Waals surface area contributed by atoms with Gasteiger partial charge in [-0.1, -0.05) is 18.2 Å². The Bertz CT molecular complexity index is 685. The molecule has 7 nitrogen and oxygen atoms in total. The van der Waals surface area contributed by atoms with E-state index in [1.807, 2.05) is 40.1 Å². The standard InChI is InChI=1S/C22H32N4O3/c27-21(24-13-15-29-16-14-24)18-5-4-10-26(17-18)20-8-11-25(12-9-20)22(28)23-19-6-2-1-3-7-19/h1-3,6-7,18,20H,4-5,8-17H2,(H,23,28)/t18-/m1/s1. The van der Waals surface area contributed by atoms with Gasteiger partial charge < -0.3 is 19.9 Å². The molecular formula is C22H32N4O3. The molecule has 4 rings (SSSR count). The molecule has 3 heterocycles. The number of rotatable bonds is 3. The Hall–Kier alpha value is -2.12. The van der Waals surface area contributed by atoms with Crippen molar-refractivity contribution >= 4 is 17.6 Å². The molecular weight excluding hydrogens is 368 g/mol. The molecule has 3 aliphatic rings. The van der Waals surface area contributed by atoms with Gasteiger partial charge in [-0.05, 0) is 44.4 Å². The number of anilines is 1. The van der Waals surface area contributed by atoms with Crippen molar-refractivity contribution in [1.82, 2.24) is 14.7 Å². The van der Waals surface area contributed by atoms with Crippen molar-refractivity contribution in [2.45, 2.75) is 31.7 Å². The van der Waals surface area contributed by atoms with Crippen molar-refractivity contribution < 1.29 is 14.3 Å². The fraction of sp³-hybridized carbons (Fsp3) is 0.636. The lowest BCUT2D eigenvalue weighted by Gasteiger charge is -2.43. The van der Waals surface area contributed by atoms with Crippen LogP contribution in [0.1, 0.15) is 25.7 Å². The lowest BCUT2D eigenvalue weighted by atomic mass is 9.92. The molecule has 3 saturated heterocycles. The van der Waals surface area contributed by atoms with Gasteiger partial charge in [0.25, 0.3) is 0 Å². The summed E-state index contributed by atoms with van der Waals surface area (Å²) < 4.78 is 5.38. The number of hydrogen-bond acceptors (Lipinski definition) is 4. The SMILES string of the molecule is O=C(Nc1ccccc1)N1CCC(N2CCC[C@@H](C(=O)N3CCOCC3)C2)CC1. The quantitative estimate of drug-likeness (QED) is 0.845. The van der Waals surface area contributed by atoms with Crippen molar-refractivity contribution in [1.29, 1.82) is 0 Å². The van der Waals surface area contributed by atoms with E-state index in [1.54, 1.807) is 0 Å². The van der Waals surface area contributed by atoms with Crippen LogP contribution >= 0.6 is 0 Å². The zero-order valence-electron chi connectivity index (χ0n) is 17.1. The van der Waals surface area contributed by atoms with E-state index in [0.717, 1.165) is 70.6 Å². The molecule has 0 spiro atoms. The van der Waals surface area contributed by atoms with Crippen LogP contribution in [0, 0.1) is 5.92 Å². The smallest absolute Gasteiger partial charge is 0.321 e. The van der Waals surface area contributed by atoms with Crippen molar-refractivity contribution in [3.05, 3.63) is 30.3 Å². The lowest BCUT2D eigenvalue weighted by molar-refractivity contribution is -0.141. The third kappa shape index (κ3) is 5.08. The minimum Gasteiger partial charge on any atom is -0.378 e. The molecule has 1 aromatic carbocycles. The van der Waals surface area contributed by atoms with Gasteiger partial charge in [-0.25, -0.2) is 4.79 Å². The zero-order chi connectivity index (χ0) is 20.1. The maximum Gasteiger partial charge on any atom is 0.321 e. The van der Waals surface area contributed by atoms with E-state index >= 15 is 0 Å². The van der Waals surface area contributed by atoms with E-state index in [1.165, 1.54) is 0 Å². The molecule has 0 aromatic heterocycles. The van der Waals surface area contributed by atoms with Crippen molar-refractivity contribution in [2.75, 3.05) is 57.8 Å². The summed E-state index contributed by atoms with van der Waals surface area (Å²) in [4.78, 5) is 31.8. The van der Waals surface area contributed by atoms with E-state index in [0.29, 0.717) is 25.2 Å². The Labute approximate surface area is 173 Å². The van der Waals surface area contributed by atoms with E-state index < -0.39 is 0 Å². The first-order valence-corrected chi connectivity index (χ1v) is 10.9. The summed E-state index contributed by atoms with van der Waals surface area (Å²) in [5, 5.41) is 2.98. The predicted molar refractivity (Wildman–Crippen MR) is 112 cm³/mol. The van der Waals surface area contributed by atoms with Gasteiger partial charge >= 0.3 is 6.03 Å². The lowest BCUT2D eigenvalue weighted by Crippen LogP contribution is -2.53. The van der Waals surface area contributed by atoms with E-state index in [9.17, 15) is 9.59 Å². The van der Waals surface area contributed by atoms with Gasteiger partial charge in [0.05, 0.1) is 19.1 Å². The Balaban J connectivity index is 1.25. The van der Waals surface area contributed by atoms with E-state index in [4.69, 9.17) is 4.74 Å². The van der Waals surface area contributed by atoms with Crippen molar-refractivity contribution in [3.8, 4) is 0 Å². The number of nitrogens with one attached hydrogen (secondary N) is 1. The summed E-state index contributed by atoms with van der Waals surface area (Å²) in [6, 6.07) is 10.1. The number of morpholine rings is 1. The van der Waals surface area contributed by atoms with Crippen LogP contribution in [0.25, 0.3) is 0 Å². The number of ether oxygens (including phenoxy) is 1. The third-order valence-corrected chi connectivity index (χ3v) is 6.42. The molecule has 0 unspecified atom stereocenters. The average molecular weight is 401 g/mol. The average Bonchev–Trinajstić information content (AvgIpc) is 2.80. The molecule has 0 aliphatic carbocycles. The van der Waals surface area contributed by atoms with Gasteiger partial charge in [-0.15, -0.1) is 0 Å². The Morgan fingerprint density at radius 2 is 1.62 bits per heavy atom. The summed E-state index contributed by atoms with van der Waals surface area (Å²) in [6.07, 6.45) is 4.02. The fourth-order valence-corrected chi connectivity index (χ4v) is 4.74. The van der Waals surface area contributed by atoms with Gasteiger partial charge in [0.2, 0.25) is 5.91 Å². The van der Waals surface area contributed by atoms with Crippen LogP contribution in [0.3, 0.4) is 0 Å². The normalized spacial score (nSPS) is 24.3. The third-order valence-electron chi connectivity index (χ3n) is 6.42. The second kappa shape index (κ2) is 9.59. The Morgan fingerprint density at radius 1 is 0.897 bits per heavy atom. The first kappa shape index (κ1) is 20.2. The molecule has 3 aliphatic heterocycles. The van der Waals surface area contributed by atoms with Crippen molar-refractivity contribution in [2.24, 2.45) is 5.92 Å². The summed E-state index contributed by atoms with van der Waals surface area (Å²) in [5.41, 5.74) is 0.833. The number of nitrogens with zero attached hydrogens (tertiary/aromatic N) is 3. The van der Waals surface area contributed by atoms with Crippen LogP contribution in [0.2, 0.25) is 0 Å². The zero-order valence-corrected chi connectivity index (χ0v) is 17.1. The molecule has 3 amide bonds. The number of para-hydroxylation sites is 1. The number of likely N-dealkylation sites (tertiary alicyclic amines) is 2. The molecule has 0 radical (unpaired) electrons. The number of hydrogen-bond donors (Lipinski definition) is 1. The monoisotopic (exact) mass is 400 g/mol. The highest BCUT2D eigenvalue weighted by atomic mass is 16.5. The Kier molecular flexibility index (Phi) is 6.67. The molecule has 1 aromatic rings. The highest BCUT2D eigenvalue weighted by Crippen LogP contribution is 2.25. The van der Waals surface area contributed by atoms with Crippen LogP contribution in [-0.2, 0) is 9.53 Å². The maximum absolute atomic E-state index is 12.9.